The van der Waals surface area contributed by atoms with Crippen molar-refractivity contribution in [2.24, 2.45) is 11.3 Å². The lowest BCUT2D eigenvalue weighted by Gasteiger charge is -2.28. The quantitative estimate of drug-likeness (QED) is 0.304. The molecule has 1 amide bonds. The van der Waals surface area contributed by atoms with Gasteiger partial charge in [0.15, 0.2) is 0 Å². The summed E-state index contributed by atoms with van der Waals surface area (Å²) in [6.07, 6.45) is 0.911. The van der Waals surface area contributed by atoms with Gasteiger partial charge in [-0.25, -0.2) is 0 Å². The predicted octanol–water partition coefficient (Wildman–Crippen LogP) is 1.46. The zero-order valence-corrected chi connectivity index (χ0v) is 18.8. The van der Waals surface area contributed by atoms with Crippen LogP contribution in [-0.2, 0) is 24.4 Å². The second kappa shape index (κ2) is 9.34. The summed E-state index contributed by atoms with van der Waals surface area (Å²) in [5, 5.41) is 2.63. The molecule has 0 aliphatic rings. The Kier molecular flexibility index (Phi) is 8.93. The van der Waals surface area contributed by atoms with E-state index in [1.54, 1.807) is 20.8 Å². The van der Waals surface area contributed by atoms with Crippen molar-refractivity contribution in [2.45, 2.75) is 53.0 Å². The summed E-state index contributed by atoms with van der Waals surface area (Å²) in [5.41, 5.74) is -1.80. The molecular weight excluding hydrogens is 372 g/mol. The van der Waals surface area contributed by atoms with E-state index in [1.165, 1.54) is 13.8 Å². The number of ether oxygens (including phenoxy) is 1. The lowest BCUT2D eigenvalue weighted by Crippen LogP contribution is -2.50. The van der Waals surface area contributed by atoms with E-state index in [2.05, 4.69) is 5.32 Å². The number of hydrogen-bond acceptors (Lipinski definition) is 5. The van der Waals surface area contributed by atoms with E-state index in [9.17, 15) is 18.0 Å². The highest BCUT2D eigenvalue weighted by molar-refractivity contribution is 7.85. The number of quaternary nitrogens is 1. The molecule has 0 bridgehead atoms. The van der Waals surface area contributed by atoms with Crippen molar-refractivity contribution in [3.05, 3.63) is 0 Å². The lowest BCUT2D eigenvalue weighted by molar-refractivity contribution is -0.870. The van der Waals surface area contributed by atoms with E-state index in [0.29, 0.717) is 30.5 Å². The van der Waals surface area contributed by atoms with Crippen LogP contribution in [0, 0.1) is 11.3 Å². The number of hydrogen-bond donors (Lipinski definition) is 2. The minimum absolute atomic E-state index is 0.296. The number of carbonyl (C=O) groups excluding carboxylic acids is 2. The van der Waals surface area contributed by atoms with E-state index in [0.717, 1.165) is 0 Å². The summed E-state index contributed by atoms with van der Waals surface area (Å²) in [5.74, 6) is -1.60. The van der Waals surface area contributed by atoms with Crippen molar-refractivity contribution < 1.29 is 31.8 Å². The number of esters is 1. The minimum atomic E-state index is -4.20. The Bertz CT molecular complexity index is 620. The first-order valence-corrected chi connectivity index (χ1v) is 10.7. The predicted molar refractivity (Wildman–Crippen MR) is 105 cm³/mol. The topological polar surface area (TPSA) is 110 Å². The second-order valence-electron chi connectivity index (χ2n) is 9.57. The van der Waals surface area contributed by atoms with Gasteiger partial charge in [-0.2, -0.15) is 8.42 Å². The highest BCUT2D eigenvalue weighted by Crippen LogP contribution is 2.27. The van der Waals surface area contributed by atoms with Gasteiger partial charge in [-0.3, -0.25) is 14.1 Å². The summed E-state index contributed by atoms with van der Waals surface area (Å²) in [6, 6.07) is 0. The molecule has 0 saturated carbocycles. The molecule has 0 aliphatic carbocycles. The molecule has 0 aromatic heterocycles. The highest BCUT2D eigenvalue weighted by atomic mass is 32.2. The lowest BCUT2D eigenvalue weighted by atomic mass is 9.84. The molecule has 0 aromatic carbocycles. The summed E-state index contributed by atoms with van der Waals surface area (Å²) in [6.45, 7) is 9.40. The molecule has 9 heteroatoms. The molecular formula is C18H37N2O6S+. The van der Waals surface area contributed by atoms with Gasteiger partial charge in [0.1, 0.15) is 13.2 Å². The van der Waals surface area contributed by atoms with E-state index >= 15 is 0 Å². The van der Waals surface area contributed by atoms with Crippen molar-refractivity contribution >= 4 is 22.0 Å². The fraction of sp³-hybridized carbons (Fsp3) is 0.889. The number of carbonyl (C=O) groups is 2. The van der Waals surface area contributed by atoms with Crippen molar-refractivity contribution in [3.8, 4) is 0 Å². The van der Waals surface area contributed by atoms with Crippen molar-refractivity contribution in [1.82, 2.24) is 5.32 Å². The van der Waals surface area contributed by atoms with Crippen LogP contribution in [0.2, 0.25) is 0 Å². The molecule has 2 N–H and O–H groups in total. The largest absolute Gasteiger partial charge is 0.459 e. The number of likely N-dealkylation sites (N-methyl/N-ethyl adjacent to an activating group) is 1. The minimum Gasteiger partial charge on any atom is -0.459 e. The van der Waals surface area contributed by atoms with Gasteiger partial charge in [-0.05, 0) is 40.5 Å². The van der Waals surface area contributed by atoms with E-state index in [-0.39, 0.29) is 11.9 Å². The third-order valence-electron chi connectivity index (χ3n) is 4.20. The summed E-state index contributed by atoms with van der Waals surface area (Å²) >= 11 is 0. The first-order chi connectivity index (χ1) is 11.8. The molecule has 0 spiro atoms. The third kappa shape index (κ3) is 12.0. The van der Waals surface area contributed by atoms with Gasteiger partial charge in [0.25, 0.3) is 10.1 Å². The molecule has 0 fully saturated rings. The molecule has 1 unspecified atom stereocenters. The molecule has 0 aromatic rings. The van der Waals surface area contributed by atoms with Gasteiger partial charge >= 0.3 is 5.97 Å². The maximum atomic E-state index is 12.3. The first kappa shape index (κ1) is 25.8. The number of nitrogens with one attached hydrogen (secondary N) is 1. The molecule has 0 heterocycles. The van der Waals surface area contributed by atoms with Crippen molar-refractivity contribution in [2.75, 3.05) is 40.0 Å². The van der Waals surface area contributed by atoms with Crippen LogP contribution in [0.4, 0.5) is 0 Å². The molecule has 1 atom stereocenters. The fourth-order valence-corrected chi connectivity index (χ4v) is 3.35. The van der Waals surface area contributed by atoms with Crippen LogP contribution in [0.15, 0.2) is 0 Å². The summed E-state index contributed by atoms with van der Waals surface area (Å²) < 4.78 is 37.1. The van der Waals surface area contributed by atoms with Crippen LogP contribution in [0.3, 0.4) is 0 Å². The monoisotopic (exact) mass is 409 g/mol. The van der Waals surface area contributed by atoms with Gasteiger partial charge in [0.05, 0.1) is 37.8 Å². The molecule has 160 valence electrons. The smallest absolute Gasteiger partial charge is 0.311 e. The normalized spacial score (nSPS) is 14.6. The Morgan fingerprint density at radius 3 is 2.11 bits per heavy atom. The summed E-state index contributed by atoms with van der Waals surface area (Å²) in [7, 11) is 1.85. The molecule has 0 saturated heterocycles. The van der Waals surface area contributed by atoms with Crippen LogP contribution in [0.5, 0.6) is 0 Å². The average Bonchev–Trinajstić information content (AvgIpc) is 2.39. The number of amides is 1. The maximum absolute atomic E-state index is 12.3. The Balaban J connectivity index is 4.58. The Labute approximate surface area is 164 Å². The molecule has 0 radical (unpaired) electrons. The molecule has 8 nitrogen and oxygen atoms in total. The summed E-state index contributed by atoms with van der Waals surface area (Å²) in [4.78, 5) is 24.6. The highest BCUT2D eigenvalue weighted by Gasteiger charge is 2.32. The SMILES string of the molecule is CC(CCC(C)(C)C(=O)OCC[N+](C)(C)C)C(=O)NC(C)(C)CS(=O)(=O)O. The number of nitrogens with zero attached hydrogens (tertiary/aromatic N) is 1. The second-order valence-corrected chi connectivity index (χ2v) is 11.0. The first-order valence-electron chi connectivity index (χ1n) is 9.09. The molecule has 27 heavy (non-hydrogen) atoms. The zero-order valence-electron chi connectivity index (χ0n) is 18.0. The van der Waals surface area contributed by atoms with Gasteiger partial charge in [0, 0.05) is 5.92 Å². The van der Waals surface area contributed by atoms with Gasteiger partial charge < -0.3 is 14.5 Å². The Morgan fingerprint density at radius 1 is 1.15 bits per heavy atom. The standard InChI is InChI=1S/C18H36N2O6S/c1-14(15(21)19-18(4,5)13-27(23,24)25)9-10-17(2,3)16(22)26-12-11-20(6,7)8/h14H,9-13H2,1-8H3,(H-,19,21,23,24,25)/p+1. The molecule has 0 rings (SSSR count). The zero-order chi connectivity index (χ0) is 21.7. The van der Waals surface area contributed by atoms with Gasteiger partial charge in [-0.15, -0.1) is 0 Å². The van der Waals surface area contributed by atoms with E-state index in [1.807, 2.05) is 21.1 Å². The van der Waals surface area contributed by atoms with E-state index in [4.69, 9.17) is 9.29 Å². The molecule has 0 aliphatic heterocycles. The van der Waals surface area contributed by atoms with Gasteiger partial charge in [-0.1, -0.05) is 6.92 Å². The maximum Gasteiger partial charge on any atom is 0.311 e. The number of rotatable bonds is 11. The van der Waals surface area contributed by atoms with Crippen molar-refractivity contribution in [1.29, 1.82) is 0 Å². The Hall–Kier alpha value is -1.19. The Morgan fingerprint density at radius 2 is 1.67 bits per heavy atom. The van der Waals surface area contributed by atoms with Gasteiger partial charge in [0.2, 0.25) is 5.91 Å². The van der Waals surface area contributed by atoms with Crippen LogP contribution in [0.25, 0.3) is 0 Å². The fourth-order valence-electron chi connectivity index (χ4n) is 2.37. The van der Waals surface area contributed by atoms with Crippen LogP contribution in [0.1, 0.15) is 47.5 Å². The van der Waals surface area contributed by atoms with Crippen molar-refractivity contribution in [3.63, 3.8) is 0 Å². The van der Waals surface area contributed by atoms with Crippen LogP contribution >= 0.6 is 0 Å². The van der Waals surface area contributed by atoms with Crippen LogP contribution in [-0.4, -0.2) is 74.9 Å². The third-order valence-corrected chi connectivity index (χ3v) is 5.29. The van der Waals surface area contributed by atoms with Crippen LogP contribution < -0.4 is 5.32 Å². The van der Waals surface area contributed by atoms with E-state index < -0.39 is 32.7 Å². The average molecular weight is 410 g/mol.